The predicted octanol–water partition coefficient (Wildman–Crippen LogP) is 6.13. The van der Waals surface area contributed by atoms with E-state index < -0.39 is 11.4 Å². The van der Waals surface area contributed by atoms with Gasteiger partial charge in [0.25, 0.3) is 5.91 Å². The van der Waals surface area contributed by atoms with Crippen molar-refractivity contribution in [3.63, 3.8) is 0 Å². The SMILES string of the molecule is CCC=CCC=CCC=CCC=CCC=CCC=CCCC(=O)NCC(C)(C)NC(=O)c1c[n+]([O-])c(C)cn1. The van der Waals surface area contributed by atoms with Crippen LogP contribution >= 0.6 is 0 Å². The van der Waals surface area contributed by atoms with Crippen LogP contribution < -0.4 is 15.4 Å². The highest BCUT2D eigenvalue weighted by Gasteiger charge is 2.24. The van der Waals surface area contributed by atoms with E-state index in [-0.39, 0.29) is 18.1 Å². The Bertz CT molecular complexity index is 1050. The van der Waals surface area contributed by atoms with Crippen LogP contribution in [0, 0.1) is 12.1 Å². The Morgan fingerprint density at radius 3 is 1.85 bits per heavy atom. The Labute approximate surface area is 234 Å². The largest absolute Gasteiger partial charge is 0.618 e. The molecule has 39 heavy (non-hydrogen) atoms. The van der Waals surface area contributed by atoms with Gasteiger partial charge in [-0.05, 0) is 58.8 Å². The molecule has 0 fully saturated rings. The van der Waals surface area contributed by atoms with E-state index in [4.69, 9.17) is 0 Å². The van der Waals surface area contributed by atoms with Crippen LogP contribution in [0.1, 0.15) is 88.3 Å². The van der Waals surface area contributed by atoms with E-state index in [1.54, 1.807) is 20.8 Å². The molecule has 1 rings (SSSR count). The van der Waals surface area contributed by atoms with Gasteiger partial charge in [-0.3, -0.25) is 9.59 Å². The summed E-state index contributed by atoms with van der Waals surface area (Å²) in [5.41, 5.74) is -0.251. The molecule has 0 radical (unpaired) electrons. The van der Waals surface area contributed by atoms with Gasteiger partial charge in [0.2, 0.25) is 17.8 Å². The zero-order chi connectivity index (χ0) is 28.8. The Morgan fingerprint density at radius 1 is 0.872 bits per heavy atom. The molecule has 7 heteroatoms. The molecule has 1 heterocycles. The topological polar surface area (TPSA) is 98.0 Å². The van der Waals surface area contributed by atoms with Crippen LogP contribution in [0.3, 0.4) is 0 Å². The van der Waals surface area contributed by atoms with E-state index in [0.717, 1.165) is 44.7 Å². The van der Waals surface area contributed by atoms with Crippen LogP contribution in [0.4, 0.5) is 0 Å². The molecule has 7 nitrogen and oxygen atoms in total. The summed E-state index contributed by atoms with van der Waals surface area (Å²) in [6.45, 7) is 7.63. The minimum atomic E-state index is -0.693. The maximum Gasteiger partial charge on any atom is 0.276 e. The van der Waals surface area contributed by atoms with Gasteiger partial charge in [-0.25, -0.2) is 4.98 Å². The van der Waals surface area contributed by atoms with Crippen molar-refractivity contribution < 1.29 is 14.3 Å². The second-order valence-electron chi connectivity index (χ2n) is 9.81. The fraction of sp³-hybridized carbons (Fsp3) is 0.438. The minimum absolute atomic E-state index is 0.0349. The van der Waals surface area contributed by atoms with E-state index >= 15 is 0 Å². The third-order valence-corrected chi connectivity index (χ3v) is 5.52. The second-order valence-corrected chi connectivity index (χ2v) is 9.81. The van der Waals surface area contributed by atoms with Crippen molar-refractivity contribution in [3.8, 4) is 0 Å². The van der Waals surface area contributed by atoms with Gasteiger partial charge in [-0.1, -0.05) is 79.8 Å². The van der Waals surface area contributed by atoms with Crippen LogP contribution in [0.2, 0.25) is 0 Å². The van der Waals surface area contributed by atoms with E-state index in [0.29, 0.717) is 23.3 Å². The first kappa shape index (κ1) is 33.3. The number of aromatic nitrogens is 2. The summed E-state index contributed by atoms with van der Waals surface area (Å²) in [5.74, 6) is -0.542. The van der Waals surface area contributed by atoms with E-state index in [1.807, 2.05) is 6.08 Å². The van der Waals surface area contributed by atoms with Crippen LogP contribution in [0.15, 0.2) is 85.3 Å². The zero-order valence-electron chi connectivity index (χ0n) is 24.1. The first-order valence-corrected chi connectivity index (χ1v) is 13.8. The summed E-state index contributed by atoms with van der Waals surface area (Å²) in [6, 6.07) is 0. The highest BCUT2D eigenvalue weighted by molar-refractivity contribution is 5.92. The molecule has 0 aliphatic heterocycles. The Kier molecular flexibility index (Phi) is 17.3. The number of nitrogens with zero attached hydrogens (tertiary/aromatic N) is 2. The van der Waals surface area contributed by atoms with E-state index in [9.17, 15) is 14.8 Å². The van der Waals surface area contributed by atoms with Gasteiger partial charge >= 0.3 is 0 Å². The van der Waals surface area contributed by atoms with Gasteiger partial charge in [-0.15, -0.1) is 0 Å². The number of carbonyl (C=O) groups is 2. The molecule has 0 spiro atoms. The Balaban J connectivity index is 2.13. The van der Waals surface area contributed by atoms with Crippen molar-refractivity contribution in [1.82, 2.24) is 15.6 Å². The van der Waals surface area contributed by atoms with Crippen LogP contribution in [-0.2, 0) is 4.79 Å². The van der Waals surface area contributed by atoms with Crippen molar-refractivity contribution in [2.75, 3.05) is 6.54 Å². The number of aryl methyl sites for hydroxylation is 1. The fourth-order valence-electron chi connectivity index (χ4n) is 3.26. The highest BCUT2D eigenvalue weighted by Crippen LogP contribution is 2.04. The quantitative estimate of drug-likeness (QED) is 0.135. The Hall–Kier alpha value is -3.74. The summed E-state index contributed by atoms with van der Waals surface area (Å²) < 4.78 is 0.603. The summed E-state index contributed by atoms with van der Waals surface area (Å²) in [5, 5.41) is 17.3. The highest BCUT2D eigenvalue weighted by atomic mass is 16.5. The third kappa shape index (κ3) is 17.4. The van der Waals surface area contributed by atoms with Gasteiger partial charge in [0.15, 0.2) is 5.69 Å². The molecule has 2 N–H and O–H groups in total. The maximum atomic E-state index is 12.4. The van der Waals surface area contributed by atoms with Crippen molar-refractivity contribution in [2.24, 2.45) is 0 Å². The van der Waals surface area contributed by atoms with Gasteiger partial charge in [0, 0.05) is 19.9 Å². The van der Waals surface area contributed by atoms with Gasteiger partial charge in [0.05, 0.1) is 11.7 Å². The average molecular weight is 535 g/mol. The molecule has 212 valence electrons. The summed E-state index contributed by atoms with van der Waals surface area (Å²) in [7, 11) is 0. The summed E-state index contributed by atoms with van der Waals surface area (Å²) in [4.78, 5) is 28.5. The monoisotopic (exact) mass is 534 g/mol. The number of rotatable bonds is 18. The molecule has 2 amide bonds. The fourth-order valence-corrected chi connectivity index (χ4v) is 3.26. The number of hydrogen-bond donors (Lipinski definition) is 2. The van der Waals surface area contributed by atoms with Crippen molar-refractivity contribution in [1.29, 1.82) is 0 Å². The van der Waals surface area contributed by atoms with E-state index in [1.165, 1.54) is 6.20 Å². The van der Waals surface area contributed by atoms with E-state index in [2.05, 4.69) is 89.4 Å². The number of carbonyl (C=O) groups excluding carboxylic acids is 2. The number of hydrogen-bond acceptors (Lipinski definition) is 4. The van der Waals surface area contributed by atoms with Gasteiger partial charge < -0.3 is 15.8 Å². The van der Waals surface area contributed by atoms with Crippen LogP contribution in [-0.4, -0.2) is 28.9 Å². The molecule has 0 atom stereocenters. The molecule has 0 aliphatic carbocycles. The normalized spacial score (nSPS) is 12.7. The standard InChI is InChI=1S/C32H46N4O3/c1-5-6-7-8-9-10-11-12-13-14-15-16-17-18-19-20-21-22-23-24-30(37)34-27-32(3,4)35-31(38)29-26-36(39)28(2)25-33-29/h6-7,9-10,12-13,15-16,18-19,21-22,25-26H,5,8,11,14,17,20,23-24,27H2,1-4H3,(H,34,37)(H,35,38). The lowest BCUT2D eigenvalue weighted by Gasteiger charge is -2.26. The molecule has 0 saturated heterocycles. The second kappa shape index (κ2) is 20.3. The number of amides is 2. The first-order chi connectivity index (χ1) is 18.7. The zero-order valence-corrected chi connectivity index (χ0v) is 24.1. The lowest BCUT2D eigenvalue weighted by Crippen LogP contribution is -2.52. The molecule has 0 saturated carbocycles. The molecule has 1 aromatic heterocycles. The lowest BCUT2D eigenvalue weighted by atomic mass is 10.1. The third-order valence-electron chi connectivity index (χ3n) is 5.52. The smallest absolute Gasteiger partial charge is 0.276 e. The molecule has 1 aromatic rings. The summed E-state index contributed by atoms with van der Waals surface area (Å²) >= 11 is 0. The number of nitrogens with one attached hydrogen (secondary N) is 2. The van der Waals surface area contributed by atoms with Crippen molar-refractivity contribution in [3.05, 3.63) is 102 Å². The molecular weight excluding hydrogens is 488 g/mol. The average Bonchev–Trinajstić information content (AvgIpc) is 2.90. The van der Waals surface area contributed by atoms with Crippen LogP contribution in [0.5, 0.6) is 0 Å². The van der Waals surface area contributed by atoms with Crippen molar-refractivity contribution in [2.45, 2.75) is 84.6 Å². The summed E-state index contributed by atoms with van der Waals surface area (Å²) in [6.07, 6.45) is 35.2. The molecule has 0 unspecified atom stereocenters. The Morgan fingerprint density at radius 2 is 1.36 bits per heavy atom. The van der Waals surface area contributed by atoms with Crippen molar-refractivity contribution >= 4 is 11.8 Å². The van der Waals surface area contributed by atoms with Gasteiger partial charge in [-0.2, -0.15) is 4.73 Å². The van der Waals surface area contributed by atoms with Crippen LogP contribution in [0.25, 0.3) is 0 Å². The molecule has 0 aliphatic rings. The molecule has 0 bridgehead atoms. The van der Waals surface area contributed by atoms with Gasteiger partial charge in [0.1, 0.15) is 0 Å². The molecular formula is C32H46N4O3. The minimum Gasteiger partial charge on any atom is -0.618 e. The predicted molar refractivity (Wildman–Crippen MR) is 160 cm³/mol. The lowest BCUT2D eigenvalue weighted by molar-refractivity contribution is -0.613. The first-order valence-electron chi connectivity index (χ1n) is 13.8. The number of allylic oxidation sites excluding steroid dienone is 12. The molecule has 0 aromatic carbocycles. The maximum absolute atomic E-state index is 12.4.